The molecule has 4 aliphatic rings. The maximum Gasteiger partial charge on any atom is 0.275 e. The van der Waals surface area contributed by atoms with Crippen molar-refractivity contribution in [1.82, 2.24) is 5.32 Å². The van der Waals surface area contributed by atoms with Gasteiger partial charge in [-0.1, -0.05) is 30.3 Å². The highest BCUT2D eigenvalue weighted by Gasteiger charge is 2.50. The number of hydrogen-bond donors (Lipinski definition) is 2. The highest BCUT2D eigenvalue weighted by molar-refractivity contribution is 5.76. The lowest BCUT2D eigenvalue weighted by molar-refractivity contribution is -0.682. The van der Waals surface area contributed by atoms with E-state index in [1.165, 1.54) is 44.1 Å². The molecule has 5 rings (SSSR count). The number of quaternary nitrogens is 1. The Bertz CT molecular complexity index is 547. The van der Waals surface area contributed by atoms with Gasteiger partial charge in [-0.05, 0) is 68.6 Å². The van der Waals surface area contributed by atoms with E-state index in [1.807, 2.05) is 6.07 Å². The summed E-state index contributed by atoms with van der Waals surface area (Å²) < 4.78 is 0. The molecule has 4 fully saturated rings. The number of carbonyl (C=O) groups is 1. The number of nitrogens with one attached hydrogen (secondary N) is 1. The SMILES string of the molecule is C[C@@H]([NH2+]CC(=O)NCC12CC3CC(CC(C3)C1)C2)c1ccccc1. The minimum absolute atomic E-state index is 0.202. The summed E-state index contributed by atoms with van der Waals surface area (Å²) in [6.45, 7) is 3.62. The average molecular weight is 327 g/mol. The summed E-state index contributed by atoms with van der Waals surface area (Å²) in [7, 11) is 0. The van der Waals surface area contributed by atoms with Crippen molar-refractivity contribution in [2.45, 2.75) is 51.5 Å². The molecule has 1 aromatic carbocycles. The third kappa shape index (κ3) is 3.37. The molecule has 3 N–H and O–H groups in total. The van der Waals surface area contributed by atoms with E-state index in [4.69, 9.17) is 0 Å². The molecule has 0 heterocycles. The molecule has 0 aromatic heterocycles. The third-order valence-electron chi connectivity index (χ3n) is 6.81. The van der Waals surface area contributed by atoms with E-state index in [-0.39, 0.29) is 5.91 Å². The molecule has 0 spiro atoms. The number of rotatable bonds is 6. The highest BCUT2D eigenvalue weighted by atomic mass is 16.1. The van der Waals surface area contributed by atoms with E-state index < -0.39 is 0 Å². The summed E-state index contributed by atoms with van der Waals surface area (Å²) in [6.07, 6.45) is 8.50. The van der Waals surface area contributed by atoms with E-state index in [9.17, 15) is 4.79 Å². The monoisotopic (exact) mass is 327 g/mol. The summed E-state index contributed by atoms with van der Waals surface area (Å²) in [5, 5.41) is 5.42. The summed E-state index contributed by atoms with van der Waals surface area (Å²) in [4.78, 5) is 12.3. The molecule has 4 aliphatic carbocycles. The second-order valence-electron chi connectivity index (χ2n) is 8.83. The van der Waals surface area contributed by atoms with Crippen LogP contribution in [-0.2, 0) is 4.79 Å². The minimum atomic E-state index is 0.202. The molecule has 4 saturated carbocycles. The van der Waals surface area contributed by atoms with Crippen molar-refractivity contribution in [1.29, 1.82) is 0 Å². The van der Waals surface area contributed by atoms with Gasteiger partial charge < -0.3 is 10.6 Å². The Morgan fingerprint density at radius 3 is 2.29 bits per heavy atom. The van der Waals surface area contributed by atoms with Crippen LogP contribution in [0.1, 0.15) is 57.1 Å². The Morgan fingerprint density at radius 1 is 1.12 bits per heavy atom. The number of carbonyl (C=O) groups excluding carboxylic acids is 1. The molecule has 1 atom stereocenters. The van der Waals surface area contributed by atoms with Gasteiger partial charge in [0.15, 0.2) is 6.54 Å². The summed E-state index contributed by atoms with van der Waals surface area (Å²) >= 11 is 0. The molecule has 3 nitrogen and oxygen atoms in total. The molecule has 3 heteroatoms. The van der Waals surface area contributed by atoms with Crippen LogP contribution >= 0.6 is 0 Å². The van der Waals surface area contributed by atoms with Crippen LogP contribution in [0.25, 0.3) is 0 Å². The molecule has 24 heavy (non-hydrogen) atoms. The fourth-order valence-electron chi connectivity index (χ4n) is 6.04. The Balaban J connectivity index is 1.25. The zero-order chi connectivity index (χ0) is 16.6. The van der Waals surface area contributed by atoms with E-state index in [0.717, 1.165) is 24.3 Å². The van der Waals surface area contributed by atoms with Gasteiger partial charge in [-0.15, -0.1) is 0 Å². The number of amides is 1. The van der Waals surface area contributed by atoms with Crippen LogP contribution in [0.2, 0.25) is 0 Å². The fraction of sp³-hybridized carbons (Fsp3) is 0.667. The number of benzene rings is 1. The van der Waals surface area contributed by atoms with Gasteiger partial charge in [-0.3, -0.25) is 4.79 Å². The maximum absolute atomic E-state index is 12.3. The van der Waals surface area contributed by atoms with Gasteiger partial charge in [0, 0.05) is 12.1 Å². The molecule has 1 aromatic rings. The van der Waals surface area contributed by atoms with Gasteiger partial charge in [0.1, 0.15) is 6.04 Å². The number of nitrogens with two attached hydrogens (primary N) is 1. The molecule has 4 bridgehead atoms. The first-order chi connectivity index (χ1) is 11.6. The van der Waals surface area contributed by atoms with E-state index in [1.54, 1.807) is 0 Å². The number of hydrogen-bond acceptors (Lipinski definition) is 1. The predicted molar refractivity (Wildman–Crippen MR) is 95.3 cm³/mol. The van der Waals surface area contributed by atoms with Crippen molar-refractivity contribution < 1.29 is 10.1 Å². The Morgan fingerprint density at radius 2 is 1.71 bits per heavy atom. The lowest BCUT2D eigenvalue weighted by Gasteiger charge is -2.56. The zero-order valence-corrected chi connectivity index (χ0v) is 14.8. The molecular formula is C21H31N2O+. The Hall–Kier alpha value is -1.35. The van der Waals surface area contributed by atoms with Gasteiger partial charge in [0.2, 0.25) is 0 Å². The van der Waals surface area contributed by atoms with Crippen LogP contribution in [0.15, 0.2) is 30.3 Å². The first-order valence-electron chi connectivity index (χ1n) is 9.77. The van der Waals surface area contributed by atoms with Crippen molar-refractivity contribution in [3.8, 4) is 0 Å². The van der Waals surface area contributed by atoms with Crippen molar-refractivity contribution in [2.24, 2.45) is 23.2 Å². The molecule has 130 valence electrons. The van der Waals surface area contributed by atoms with Gasteiger partial charge in [-0.25, -0.2) is 0 Å². The van der Waals surface area contributed by atoms with Crippen molar-refractivity contribution in [3.63, 3.8) is 0 Å². The molecule has 0 radical (unpaired) electrons. The lowest BCUT2D eigenvalue weighted by atomic mass is 9.49. The molecular weight excluding hydrogens is 296 g/mol. The minimum Gasteiger partial charge on any atom is -0.351 e. The Kier molecular flexibility index (Phi) is 4.38. The van der Waals surface area contributed by atoms with Gasteiger partial charge in [0.05, 0.1) is 0 Å². The van der Waals surface area contributed by atoms with Crippen LogP contribution in [0.4, 0.5) is 0 Å². The highest BCUT2D eigenvalue weighted by Crippen LogP contribution is 2.59. The van der Waals surface area contributed by atoms with Gasteiger partial charge >= 0.3 is 0 Å². The fourth-order valence-corrected chi connectivity index (χ4v) is 6.04. The van der Waals surface area contributed by atoms with Gasteiger partial charge in [-0.2, -0.15) is 0 Å². The third-order valence-corrected chi connectivity index (χ3v) is 6.81. The standard InChI is InChI=1S/C21H30N2O/c1-15(19-5-3-2-4-6-19)22-13-20(24)23-14-21-10-16-7-17(11-21)9-18(8-16)12-21/h2-6,15-18,22H,7-14H2,1H3,(H,23,24)/p+1/t15-,16?,17?,18?,21?/m1/s1. The van der Waals surface area contributed by atoms with Crippen molar-refractivity contribution >= 4 is 5.91 Å². The smallest absolute Gasteiger partial charge is 0.275 e. The first-order valence-corrected chi connectivity index (χ1v) is 9.77. The molecule has 0 unspecified atom stereocenters. The van der Waals surface area contributed by atoms with Gasteiger partial charge in [0.25, 0.3) is 5.91 Å². The van der Waals surface area contributed by atoms with E-state index >= 15 is 0 Å². The predicted octanol–water partition coefficient (Wildman–Crippen LogP) is 2.64. The van der Waals surface area contributed by atoms with Crippen LogP contribution in [0, 0.1) is 23.2 Å². The van der Waals surface area contributed by atoms with E-state index in [2.05, 4.69) is 41.8 Å². The van der Waals surface area contributed by atoms with Crippen LogP contribution < -0.4 is 10.6 Å². The quantitative estimate of drug-likeness (QED) is 0.829. The maximum atomic E-state index is 12.3. The van der Waals surface area contributed by atoms with Crippen LogP contribution in [0.3, 0.4) is 0 Å². The summed E-state index contributed by atoms with van der Waals surface area (Å²) in [5.41, 5.74) is 1.72. The molecule has 0 aliphatic heterocycles. The normalized spacial score (nSPS) is 35.0. The summed E-state index contributed by atoms with van der Waals surface area (Å²) in [5.74, 6) is 3.07. The molecule has 1 amide bonds. The van der Waals surface area contributed by atoms with Crippen LogP contribution in [0.5, 0.6) is 0 Å². The second-order valence-corrected chi connectivity index (χ2v) is 8.83. The van der Waals surface area contributed by atoms with E-state index in [0.29, 0.717) is 18.0 Å². The first kappa shape index (κ1) is 16.1. The Labute approximate surface area is 145 Å². The van der Waals surface area contributed by atoms with Crippen LogP contribution in [-0.4, -0.2) is 19.0 Å². The lowest BCUT2D eigenvalue weighted by Crippen LogP contribution is -2.87. The molecule has 0 saturated heterocycles. The zero-order valence-electron chi connectivity index (χ0n) is 14.8. The topological polar surface area (TPSA) is 45.7 Å². The largest absolute Gasteiger partial charge is 0.351 e. The average Bonchev–Trinajstić information content (AvgIpc) is 2.57. The summed E-state index contributed by atoms with van der Waals surface area (Å²) in [6, 6.07) is 10.8. The second kappa shape index (κ2) is 6.51. The van der Waals surface area contributed by atoms with Crippen molar-refractivity contribution in [3.05, 3.63) is 35.9 Å². The van der Waals surface area contributed by atoms with Crippen molar-refractivity contribution in [2.75, 3.05) is 13.1 Å².